The first-order valence-corrected chi connectivity index (χ1v) is 6.01. The summed E-state index contributed by atoms with van der Waals surface area (Å²) in [5.41, 5.74) is 7.96. The second kappa shape index (κ2) is 4.44. The van der Waals surface area contributed by atoms with Crippen molar-refractivity contribution >= 4 is 22.9 Å². The van der Waals surface area contributed by atoms with E-state index in [4.69, 9.17) is 22.1 Å². The Bertz CT molecular complexity index is 753. The van der Waals surface area contributed by atoms with Gasteiger partial charge < -0.3 is 10.5 Å². The summed E-state index contributed by atoms with van der Waals surface area (Å²) in [6, 6.07) is 9.04. The van der Waals surface area contributed by atoms with E-state index >= 15 is 0 Å². The molecule has 0 spiro atoms. The summed E-state index contributed by atoms with van der Waals surface area (Å²) < 4.78 is 7.07. The Kier molecular flexibility index (Phi) is 2.76. The van der Waals surface area contributed by atoms with Crippen molar-refractivity contribution in [1.29, 1.82) is 0 Å². The molecule has 3 aromatic rings. The summed E-state index contributed by atoms with van der Waals surface area (Å²) in [5.74, 6) is 1.33. The first kappa shape index (κ1) is 11.8. The van der Waals surface area contributed by atoms with Crippen LogP contribution in [0.25, 0.3) is 17.0 Å². The number of anilines is 1. The first-order chi connectivity index (χ1) is 9.19. The van der Waals surface area contributed by atoms with Gasteiger partial charge >= 0.3 is 0 Å². The van der Waals surface area contributed by atoms with Gasteiger partial charge in [0.1, 0.15) is 5.75 Å². The number of nitrogen functional groups attached to an aromatic ring is 1. The Labute approximate surface area is 114 Å². The average molecular weight is 275 g/mol. The fraction of sp³-hybridized carbons (Fsp3) is 0.0769. The van der Waals surface area contributed by atoms with Crippen molar-refractivity contribution < 1.29 is 4.74 Å². The molecule has 0 radical (unpaired) electrons. The number of aromatic nitrogens is 3. The van der Waals surface area contributed by atoms with E-state index < -0.39 is 0 Å². The molecule has 2 heterocycles. The lowest BCUT2D eigenvalue weighted by Gasteiger charge is -2.06. The zero-order valence-corrected chi connectivity index (χ0v) is 10.9. The SMILES string of the molecule is COc1cc(-c2nnc3cc(Cl)ccn23)ccc1N. The van der Waals surface area contributed by atoms with Gasteiger partial charge in [0.2, 0.25) is 0 Å². The molecule has 3 rings (SSSR count). The third kappa shape index (κ3) is 1.98. The van der Waals surface area contributed by atoms with Crippen molar-refractivity contribution in [2.45, 2.75) is 0 Å². The van der Waals surface area contributed by atoms with E-state index in [0.29, 0.717) is 27.9 Å². The van der Waals surface area contributed by atoms with Crippen molar-refractivity contribution in [3.05, 3.63) is 41.6 Å². The maximum Gasteiger partial charge on any atom is 0.168 e. The number of hydrogen-bond acceptors (Lipinski definition) is 4. The second-order valence-electron chi connectivity index (χ2n) is 4.05. The molecular formula is C13H11ClN4O. The smallest absolute Gasteiger partial charge is 0.168 e. The molecule has 6 heteroatoms. The zero-order chi connectivity index (χ0) is 13.4. The predicted molar refractivity (Wildman–Crippen MR) is 74.4 cm³/mol. The molecule has 0 unspecified atom stereocenters. The lowest BCUT2D eigenvalue weighted by molar-refractivity contribution is 0.417. The Morgan fingerprint density at radius 1 is 1.21 bits per heavy atom. The number of nitrogens with two attached hydrogens (primary N) is 1. The van der Waals surface area contributed by atoms with Gasteiger partial charge in [0.15, 0.2) is 11.5 Å². The molecule has 0 atom stereocenters. The van der Waals surface area contributed by atoms with Crippen LogP contribution in [-0.4, -0.2) is 21.7 Å². The fourth-order valence-electron chi connectivity index (χ4n) is 1.91. The molecular weight excluding hydrogens is 264 g/mol. The summed E-state index contributed by atoms with van der Waals surface area (Å²) in [4.78, 5) is 0. The maximum absolute atomic E-state index is 5.92. The van der Waals surface area contributed by atoms with E-state index in [0.717, 1.165) is 5.56 Å². The summed E-state index contributed by atoms with van der Waals surface area (Å²) in [6.45, 7) is 0. The number of nitrogens with zero attached hydrogens (tertiary/aromatic N) is 3. The molecule has 2 aromatic heterocycles. The van der Waals surface area contributed by atoms with Gasteiger partial charge in [-0.25, -0.2) is 0 Å². The second-order valence-corrected chi connectivity index (χ2v) is 4.49. The molecule has 0 saturated heterocycles. The molecule has 96 valence electrons. The van der Waals surface area contributed by atoms with Gasteiger partial charge in [0.25, 0.3) is 0 Å². The third-order valence-corrected chi connectivity index (χ3v) is 3.10. The number of pyridine rings is 1. The monoisotopic (exact) mass is 274 g/mol. The minimum absolute atomic E-state index is 0.586. The molecule has 2 N–H and O–H groups in total. The Morgan fingerprint density at radius 3 is 2.84 bits per heavy atom. The predicted octanol–water partition coefficient (Wildman–Crippen LogP) is 2.64. The highest BCUT2D eigenvalue weighted by atomic mass is 35.5. The van der Waals surface area contributed by atoms with Crippen molar-refractivity contribution in [1.82, 2.24) is 14.6 Å². The zero-order valence-electron chi connectivity index (χ0n) is 10.2. The van der Waals surface area contributed by atoms with Gasteiger partial charge in [0.05, 0.1) is 12.8 Å². The van der Waals surface area contributed by atoms with Crippen molar-refractivity contribution in [2.24, 2.45) is 0 Å². The number of halogens is 1. The molecule has 1 aromatic carbocycles. The number of ether oxygens (including phenoxy) is 1. The molecule has 5 nitrogen and oxygen atoms in total. The average Bonchev–Trinajstić information content (AvgIpc) is 2.82. The van der Waals surface area contributed by atoms with E-state index in [-0.39, 0.29) is 0 Å². The molecule has 0 saturated carbocycles. The Morgan fingerprint density at radius 2 is 2.05 bits per heavy atom. The maximum atomic E-state index is 5.92. The van der Waals surface area contributed by atoms with E-state index in [1.807, 2.05) is 22.7 Å². The highest BCUT2D eigenvalue weighted by Crippen LogP contribution is 2.28. The third-order valence-electron chi connectivity index (χ3n) is 2.86. The van der Waals surface area contributed by atoms with Gasteiger partial charge in [-0.05, 0) is 24.3 Å². The van der Waals surface area contributed by atoms with Crippen LogP contribution in [0.15, 0.2) is 36.5 Å². The molecule has 0 aliphatic heterocycles. The quantitative estimate of drug-likeness (QED) is 0.730. The van der Waals surface area contributed by atoms with Crippen LogP contribution in [0.1, 0.15) is 0 Å². The van der Waals surface area contributed by atoms with E-state index in [9.17, 15) is 0 Å². The minimum Gasteiger partial charge on any atom is -0.495 e. The van der Waals surface area contributed by atoms with Crippen LogP contribution in [-0.2, 0) is 0 Å². The van der Waals surface area contributed by atoms with Gasteiger partial charge in [-0.1, -0.05) is 11.6 Å². The topological polar surface area (TPSA) is 65.4 Å². The van der Waals surface area contributed by atoms with Crippen molar-refractivity contribution in [2.75, 3.05) is 12.8 Å². The summed E-state index contributed by atoms with van der Waals surface area (Å²) in [7, 11) is 1.58. The molecule has 0 bridgehead atoms. The van der Waals surface area contributed by atoms with Crippen molar-refractivity contribution in [3.8, 4) is 17.1 Å². The van der Waals surface area contributed by atoms with E-state index in [1.165, 1.54) is 0 Å². The van der Waals surface area contributed by atoms with Gasteiger partial charge in [-0.2, -0.15) is 0 Å². The number of benzene rings is 1. The van der Waals surface area contributed by atoms with Crippen LogP contribution in [0.3, 0.4) is 0 Å². The number of hydrogen-bond donors (Lipinski definition) is 1. The van der Waals surface area contributed by atoms with E-state index in [2.05, 4.69) is 10.2 Å². The van der Waals surface area contributed by atoms with Gasteiger partial charge in [-0.3, -0.25) is 4.40 Å². The lowest BCUT2D eigenvalue weighted by atomic mass is 10.2. The number of fused-ring (bicyclic) bond motifs is 1. The molecule has 0 amide bonds. The largest absolute Gasteiger partial charge is 0.495 e. The number of methoxy groups -OCH3 is 1. The summed E-state index contributed by atoms with van der Waals surface area (Å²) in [6.07, 6.45) is 1.83. The molecule has 0 fully saturated rings. The fourth-order valence-corrected chi connectivity index (χ4v) is 2.07. The standard InChI is InChI=1S/C13H11ClN4O/c1-19-11-6-8(2-3-10(11)15)13-17-16-12-7-9(14)4-5-18(12)13/h2-7H,15H2,1H3. The van der Waals surface area contributed by atoms with Crippen LogP contribution in [0.2, 0.25) is 5.02 Å². The normalized spacial score (nSPS) is 10.8. The highest BCUT2D eigenvalue weighted by molar-refractivity contribution is 6.30. The number of rotatable bonds is 2. The van der Waals surface area contributed by atoms with Gasteiger partial charge in [0, 0.05) is 22.8 Å². The van der Waals surface area contributed by atoms with Crippen LogP contribution < -0.4 is 10.5 Å². The van der Waals surface area contributed by atoms with Crippen LogP contribution in [0, 0.1) is 0 Å². The van der Waals surface area contributed by atoms with Crippen LogP contribution >= 0.6 is 11.6 Å². The summed E-state index contributed by atoms with van der Waals surface area (Å²) in [5, 5.41) is 8.89. The molecule has 19 heavy (non-hydrogen) atoms. The van der Waals surface area contributed by atoms with Crippen LogP contribution in [0.4, 0.5) is 5.69 Å². The molecule has 0 aliphatic rings. The Hall–Kier alpha value is -2.27. The van der Waals surface area contributed by atoms with Crippen molar-refractivity contribution in [3.63, 3.8) is 0 Å². The first-order valence-electron chi connectivity index (χ1n) is 5.63. The molecule has 0 aliphatic carbocycles. The van der Waals surface area contributed by atoms with Crippen LogP contribution in [0.5, 0.6) is 5.75 Å². The summed E-state index contributed by atoms with van der Waals surface area (Å²) >= 11 is 5.92. The lowest BCUT2D eigenvalue weighted by Crippen LogP contribution is -1.94. The highest BCUT2D eigenvalue weighted by Gasteiger charge is 2.10. The minimum atomic E-state index is 0.586. The van der Waals surface area contributed by atoms with E-state index in [1.54, 1.807) is 25.3 Å². The Balaban J connectivity index is 2.19. The van der Waals surface area contributed by atoms with Gasteiger partial charge in [-0.15, -0.1) is 10.2 Å².